The first-order chi connectivity index (χ1) is 14.9. The van der Waals surface area contributed by atoms with E-state index in [1.165, 1.54) is 4.90 Å². The van der Waals surface area contributed by atoms with E-state index in [1.54, 1.807) is 19.2 Å². The van der Waals surface area contributed by atoms with Gasteiger partial charge in [-0.1, -0.05) is 34.1 Å². The van der Waals surface area contributed by atoms with Crippen molar-refractivity contribution < 1.29 is 24.2 Å². The van der Waals surface area contributed by atoms with Crippen molar-refractivity contribution in [3.63, 3.8) is 0 Å². The van der Waals surface area contributed by atoms with E-state index in [-0.39, 0.29) is 11.3 Å². The summed E-state index contributed by atoms with van der Waals surface area (Å²) in [4.78, 5) is 27.4. The fourth-order valence-electron chi connectivity index (χ4n) is 3.73. The number of aryl methyl sites for hydroxylation is 1. The lowest BCUT2D eigenvalue weighted by Crippen LogP contribution is -2.31. The van der Waals surface area contributed by atoms with Crippen LogP contribution in [0.5, 0.6) is 5.75 Å². The van der Waals surface area contributed by atoms with Gasteiger partial charge in [-0.05, 0) is 55.7 Å². The van der Waals surface area contributed by atoms with Gasteiger partial charge in [-0.3, -0.25) is 9.59 Å². The van der Waals surface area contributed by atoms with Gasteiger partial charge in [0, 0.05) is 30.3 Å². The normalized spacial score (nSPS) is 17.9. The smallest absolute Gasteiger partial charge is 0.295 e. The molecule has 1 N–H and O–H groups in total. The number of aliphatic hydroxyl groups is 1. The molecule has 1 saturated heterocycles. The molecule has 3 rings (SSSR count). The summed E-state index contributed by atoms with van der Waals surface area (Å²) in [6.45, 7) is 5.07. The van der Waals surface area contributed by atoms with Crippen LogP contribution in [-0.4, -0.2) is 48.6 Å². The molecule has 0 aliphatic carbocycles. The van der Waals surface area contributed by atoms with Crippen LogP contribution < -0.4 is 4.74 Å². The number of methoxy groups -OCH3 is 1. The largest absolute Gasteiger partial charge is 0.507 e. The minimum atomic E-state index is -0.707. The highest BCUT2D eigenvalue weighted by atomic mass is 79.9. The molecular formula is C24H26BrNO5. The lowest BCUT2D eigenvalue weighted by atomic mass is 9.94. The van der Waals surface area contributed by atoms with Crippen LogP contribution in [0.15, 0.2) is 52.5 Å². The summed E-state index contributed by atoms with van der Waals surface area (Å²) in [5.41, 5.74) is 2.19. The van der Waals surface area contributed by atoms with E-state index in [0.717, 1.165) is 10.0 Å². The van der Waals surface area contributed by atoms with Crippen LogP contribution in [-0.2, 0) is 14.3 Å². The molecular weight excluding hydrogens is 462 g/mol. The Morgan fingerprint density at radius 2 is 1.97 bits per heavy atom. The molecule has 1 amide bonds. The first-order valence-electron chi connectivity index (χ1n) is 10.2. The van der Waals surface area contributed by atoms with Crippen LogP contribution in [0, 0.1) is 6.92 Å². The lowest BCUT2D eigenvalue weighted by Gasteiger charge is -2.25. The zero-order chi connectivity index (χ0) is 22.5. The number of halogens is 1. The van der Waals surface area contributed by atoms with Crippen molar-refractivity contribution >= 4 is 33.4 Å². The molecule has 1 aliphatic heterocycles. The number of benzene rings is 2. The third-order valence-corrected chi connectivity index (χ3v) is 6.09. The fraction of sp³-hybridized carbons (Fsp3) is 0.333. The Morgan fingerprint density at radius 1 is 1.19 bits per heavy atom. The molecule has 0 aromatic heterocycles. The highest BCUT2D eigenvalue weighted by Gasteiger charge is 2.45. The number of rotatable bonds is 8. The van der Waals surface area contributed by atoms with E-state index in [1.807, 2.05) is 44.2 Å². The van der Waals surface area contributed by atoms with Gasteiger partial charge in [-0.2, -0.15) is 0 Å². The maximum Gasteiger partial charge on any atom is 0.295 e. The molecule has 0 spiro atoms. The average Bonchev–Trinajstić information content (AvgIpc) is 3.01. The monoisotopic (exact) mass is 487 g/mol. The molecule has 1 heterocycles. The highest BCUT2D eigenvalue weighted by molar-refractivity contribution is 9.10. The minimum absolute atomic E-state index is 0.0813. The van der Waals surface area contributed by atoms with Crippen molar-refractivity contribution in [1.82, 2.24) is 4.90 Å². The Balaban J connectivity index is 2.14. The van der Waals surface area contributed by atoms with E-state index in [2.05, 4.69) is 15.9 Å². The van der Waals surface area contributed by atoms with Crippen molar-refractivity contribution in [3.05, 3.63) is 69.2 Å². The van der Waals surface area contributed by atoms with E-state index in [0.29, 0.717) is 43.1 Å². The van der Waals surface area contributed by atoms with Crippen LogP contribution in [0.4, 0.5) is 0 Å². The number of amides is 1. The summed E-state index contributed by atoms with van der Waals surface area (Å²) in [6, 6.07) is 11.9. The molecule has 6 nitrogen and oxygen atoms in total. The summed E-state index contributed by atoms with van der Waals surface area (Å²) in [7, 11) is 1.59. The number of aliphatic hydroxyl groups excluding tert-OH is 1. The molecule has 1 atom stereocenters. The van der Waals surface area contributed by atoms with Crippen molar-refractivity contribution in [2.75, 3.05) is 26.9 Å². The summed E-state index contributed by atoms with van der Waals surface area (Å²) in [6.07, 6.45) is 0.572. The highest BCUT2D eigenvalue weighted by Crippen LogP contribution is 2.40. The number of carbonyl (C=O) groups excluding carboxylic acids is 2. The number of carbonyl (C=O) groups is 2. The maximum atomic E-state index is 13.0. The first-order valence-corrected chi connectivity index (χ1v) is 10.9. The number of ether oxygens (including phenoxy) is 2. The van der Waals surface area contributed by atoms with Crippen LogP contribution in [0.25, 0.3) is 5.76 Å². The Bertz CT molecular complexity index is 1020. The van der Waals surface area contributed by atoms with E-state index in [9.17, 15) is 14.7 Å². The van der Waals surface area contributed by atoms with E-state index >= 15 is 0 Å². The summed E-state index contributed by atoms with van der Waals surface area (Å²) >= 11 is 3.45. The Morgan fingerprint density at radius 3 is 2.65 bits per heavy atom. The van der Waals surface area contributed by atoms with Gasteiger partial charge >= 0.3 is 0 Å². The second-order valence-corrected chi connectivity index (χ2v) is 8.16. The molecule has 0 bridgehead atoms. The molecule has 1 unspecified atom stereocenters. The molecule has 0 saturated carbocycles. The molecule has 1 aliphatic rings. The minimum Gasteiger partial charge on any atom is -0.507 e. The summed E-state index contributed by atoms with van der Waals surface area (Å²) in [5, 5.41) is 11.1. The SMILES string of the molecule is CCOc1cccc(C2/C(=C(/O)c3ccc(Br)c(C)c3)C(=O)C(=O)N2CCCOC)c1. The number of nitrogens with zero attached hydrogens (tertiary/aromatic N) is 1. The number of ketones is 1. The number of hydrogen-bond acceptors (Lipinski definition) is 5. The fourth-order valence-corrected chi connectivity index (χ4v) is 3.97. The van der Waals surface area contributed by atoms with Crippen LogP contribution in [0.3, 0.4) is 0 Å². The quantitative estimate of drug-likeness (QED) is 0.254. The Labute approximate surface area is 190 Å². The van der Waals surface area contributed by atoms with E-state index in [4.69, 9.17) is 9.47 Å². The molecule has 2 aromatic carbocycles. The molecule has 164 valence electrons. The zero-order valence-corrected chi connectivity index (χ0v) is 19.4. The molecule has 31 heavy (non-hydrogen) atoms. The molecule has 7 heteroatoms. The lowest BCUT2D eigenvalue weighted by molar-refractivity contribution is -0.140. The Kier molecular flexibility index (Phi) is 7.51. The van der Waals surface area contributed by atoms with Gasteiger partial charge in [0.2, 0.25) is 0 Å². The van der Waals surface area contributed by atoms with Gasteiger partial charge in [-0.25, -0.2) is 0 Å². The second kappa shape index (κ2) is 10.1. The predicted molar refractivity (Wildman–Crippen MR) is 122 cm³/mol. The van der Waals surface area contributed by atoms with Gasteiger partial charge in [0.05, 0.1) is 18.2 Å². The van der Waals surface area contributed by atoms with Crippen LogP contribution >= 0.6 is 15.9 Å². The van der Waals surface area contributed by atoms with Crippen LogP contribution in [0.2, 0.25) is 0 Å². The van der Waals surface area contributed by atoms with Gasteiger partial charge < -0.3 is 19.5 Å². The standard InChI is InChI=1S/C24H26BrNO5/c1-4-31-18-8-5-7-16(14-18)21-20(22(27)17-9-10-19(25)15(2)13-17)23(28)24(29)26(21)11-6-12-30-3/h5,7-10,13-14,21,27H,4,6,11-12H2,1-3H3/b22-20-. The maximum absolute atomic E-state index is 13.0. The van der Waals surface area contributed by atoms with Crippen molar-refractivity contribution in [1.29, 1.82) is 0 Å². The average molecular weight is 488 g/mol. The van der Waals surface area contributed by atoms with Gasteiger partial charge in [0.25, 0.3) is 11.7 Å². The Hall–Kier alpha value is -2.64. The zero-order valence-electron chi connectivity index (χ0n) is 17.9. The number of hydrogen-bond donors (Lipinski definition) is 1. The molecule has 0 radical (unpaired) electrons. The van der Waals surface area contributed by atoms with Crippen molar-refractivity contribution in [2.45, 2.75) is 26.3 Å². The third kappa shape index (κ3) is 4.83. The topological polar surface area (TPSA) is 76.1 Å². The predicted octanol–water partition coefficient (Wildman–Crippen LogP) is 4.61. The van der Waals surface area contributed by atoms with Crippen LogP contribution in [0.1, 0.15) is 36.1 Å². The van der Waals surface area contributed by atoms with Gasteiger partial charge in [0.1, 0.15) is 11.5 Å². The van der Waals surface area contributed by atoms with Gasteiger partial charge in [-0.15, -0.1) is 0 Å². The summed E-state index contributed by atoms with van der Waals surface area (Å²) in [5.74, 6) is -0.863. The van der Waals surface area contributed by atoms with Crippen molar-refractivity contribution in [3.8, 4) is 5.75 Å². The molecule has 2 aromatic rings. The summed E-state index contributed by atoms with van der Waals surface area (Å²) < 4.78 is 11.6. The van der Waals surface area contributed by atoms with Crippen molar-refractivity contribution in [2.24, 2.45) is 0 Å². The number of Topliss-reactive ketones (excluding diaryl/α,β-unsaturated/α-hetero) is 1. The van der Waals surface area contributed by atoms with Gasteiger partial charge in [0.15, 0.2) is 0 Å². The van der Waals surface area contributed by atoms with E-state index < -0.39 is 17.7 Å². The first kappa shape index (κ1) is 23.0. The number of likely N-dealkylation sites (tertiary alicyclic amines) is 1. The third-order valence-electron chi connectivity index (χ3n) is 5.20. The molecule has 1 fully saturated rings. The second-order valence-electron chi connectivity index (χ2n) is 7.31.